The average Bonchev–Trinajstić information content (AvgIpc) is 2.33. The Morgan fingerprint density at radius 1 is 0.722 bits per heavy atom. The summed E-state index contributed by atoms with van der Waals surface area (Å²) in [7, 11) is 0. The molecule has 0 spiro atoms. The van der Waals surface area contributed by atoms with E-state index < -0.39 is 0 Å². The molecule has 0 aliphatic rings. The molecule has 0 radical (unpaired) electrons. The molecule has 0 amide bonds. The number of hydrogen-bond acceptors (Lipinski definition) is 1. The normalized spacial score (nSPS) is 16.5. The minimum atomic E-state index is -0.140. The maximum Gasteiger partial charge on any atom is 0.0537 e. The number of unbranched alkanes of at least 4 members (excludes halogenated alkanes) is 5. The molecule has 1 N–H and O–H groups in total. The van der Waals surface area contributed by atoms with Crippen LogP contribution in [0.25, 0.3) is 0 Å². The maximum atomic E-state index is 9.43. The quantitative estimate of drug-likeness (QED) is 0.453. The summed E-state index contributed by atoms with van der Waals surface area (Å²) in [5.41, 5.74) is 0. The zero-order chi connectivity index (χ0) is 13.8. The molecule has 0 heterocycles. The average molecular weight is 256 g/mol. The maximum absolute atomic E-state index is 9.43. The van der Waals surface area contributed by atoms with E-state index in [-0.39, 0.29) is 6.10 Å². The topological polar surface area (TPSA) is 20.2 Å². The van der Waals surface area contributed by atoms with Crippen LogP contribution in [0.4, 0.5) is 0 Å². The smallest absolute Gasteiger partial charge is 0.0537 e. The van der Waals surface area contributed by atoms with Crippen LogP contribution < -0.4 is 0 Å². The molecule has 1 nitrogen and oxygen atoms in total. The third kappa shape index (κ3) is 11.1. The van der Waals surface area contributed by atoms with Gasteiger partial charge in [-0.15, -0.1) is 0 Å². The van der Waals surface area contributed by atoms with Crippen LogP contribution in [-0.2, 0) is 0 Å². The van der Waals surface area contributed by atoms with Crippen LogP contribution in [0.5, 0.6) is 0 Å². The van der Waals surface area contributed by atoms with Crippen LogP contribution in [0.1, 0.15) is 91.9 Å². The molecule has 0 rings (SSSR count). The van der Waals surface area contributed by atoms with Crippen LogP contribution in [0.15, 0.2) is 0 Å². The molecule has 0 fully saturated rings. The fourth-order valence-corrected chi connectivity index (χ4v) is 2.45. The van der Waals surface area contributed by atoms with Crippen molar-refractivity contribution in [3.8, 4) is 0 Å². The molecule has 0 saturated heterocycles. The van der Waals surface area contributed by atoms with Gasteiger partial charge in [0.05, 0.1) is 6.10 Å². The predicted molar refractivity (Wildman–Crippen MR) is 81.9 cm³/mol. The first-order chi connectivity index (χ1) is 8.57. The van der Waals surface area contributed by atoms with Gasteiger partial charge in [-0.05, 0) is 25.2 Å². The van der Waals surface area contributed by atoms with E-state index in [9.17, 15) is 5.11 Å². The lowest BCUT2D eigenvalue weighted by atomic mass is 9.93. The Bertz CT molecular complexity index is 165. The zero-order valence-electron chi connectivity index (χ0n) is 13.3. The van der Waals surface area contributed by atoms with E-state index in [1.54, 1.807) is 0 Å². The highest BCUT2D eigenvalue weighted by molar-refractivity contribution is 4.61. The van der Waals surface area contributed by atoms with Crippen molar-refractivity contribution in [3.63, 3.8) is 0 Å². The van der Waals surface area contributed by atoms with Crippen LogP contribution >= 0.6 is 0 Å². The fraction of sp³-hybridized carbons (Fsp3) is 1.00. The molecule has 1 unspecified atom stereocenters. The molecule has 3 atom stereocenters. The third-order valence-electron chi connectivity index (χ3n) is 4.23. The Kier molecular flexibility index (Phi) is 12.0. The Morgan fingerprint density at radius 2 is 1.28 bits per heavy atom. The van der Waals surface area contributed by atoms with Crippen molar-refractivity contribution in [1.29, 1.82) is 0 Å². The molecule has 0 bridgehead atoms. The van der Waals surface area contributed by atoms with E-state index in [0.717, 1.165) is 5.92 Å². The van der Waals surface area contributed by atoms with Crippen molar-refractivity contribution in [1.82, 2.24) is 0 Å². The van der Waals surface area contributed by atoms with Crippen molar-refractivity contribution in [3.05, 3.63) is 0 Å². The van der Waals surface area contributed by atoms with Gasteiger partial charge in [0.25, 0.3) is 0 Å². The van der Waals surface area contributed by atoms with E-state index in [4.69, 9.17) is 0 Å². The molecule has 0 aliphatic heterocycles. The van der Waals surface area contributed by atoms with Crippen molar-refractivity contribution in [2.45, 2.75) is 98.0 Å². The summed E-state index contributed by atoms with van der Waals surface area (Å²) >= 11 is 0. The lowest BCUT2D eigenvalue weighted by Crippen LogP contribution is -2.13. The van der Waals surface area contributed by atoms with Gasteiger partial charge in [-0.1, -0.05) is 78.6 Å². The Morgan fingerprint density at radius 3 is 1.89 bits per heavy atom. The monoisotopic (exact) mass is 256 g/mol. The Hall–Kier alpha value is -0.0400. The van der Waals surface area contributed by atoms with Gasteiger partial charge in [0.15, 0.2) is 0 Å². The van der Waals surface area contributed by atoms with E-state index >= 15 is 0 Å². The highest BCUT2D eigenvalue weighted by atomic mass is 16.3. The number of aliphatic hydroxyl groups is 1. The molecule has 0 aromatic rings. The second kappa shape index (κ2) is 12.0. The molecule has 1 heteroatoms. The molecule has 110 valence electrons. The van der Waals surface area contributed by atoms with Crippen molar-refractivity contribution < 1.29 is 5.11 Å². The first kappa shape index (κ1) is 18.0. The molecule has 0 aliphatic carbocycles. The minimum Gasteiger partial charge on any atom is -0.393 e. The number of hydrogen-bond donors (Lipinski definition) is 1. The fourth-order valence-electron chi connectivity index (χ4n) is 2.45. The highest BCUT2D eigenvalue weighted by Gasteiger charge is 2.09. The molecular formula is C17H36O. The summed E-state index contributed by atoms with van der Waals surface area (Å²) < 4.78 is 0. The van der Waals surface area contributed by atoms with Crippen molar-refractivity contribution >= 4 is 0 Å². The minimum absolute atomic E-state index is 0.140. The lowest BCUT2D eigenvalue weighted by molar-refractivity contribution is 0.127. The van der Waals surface area contributed by atoms with Gasteiger partial charge in [-0.3, -0.25) is 0 Å². The molecule has 0 saturated carbocycles. The summed E-state index contributed by atoms with van der Waals surface area (Å²) in [6.45, 7) is 8.73. The number of aliphatic hydroxyl groups excluding tert-OH is 1. The van der Waals surface area contributed by atoms with Gasteiger partial charge in [-0.25, -0.2) is 0 Å². The van der Waals surface area contributed by atoms with E-state index in [1.165, 1.54) is 64.2 Å². The van der Waals surface area contributed by atoms with Crippen LogP contribution in [0.2, 0.25) is 0 Å². The molecular weight excluding hydrogens is 220 g/mol. The summed E-state index contributed by atoms with van der Waals surface area (Å²) in [5, 5.41) is 9.43. The third-order valence-corrected chi connectivity index (χ3v) is 4.23. The second-order valence-corrected chi connectivity index (χ2v) is 6.31. The largest absolute Gasteiger partial charge is 0.393 e. The van der Waals surface area contributed by atoms with Gasteiger partial charge in [-0.2, -0.15) is 0 Å². The Balaban J connectivity index is 3.29. The second-order valence-electron chi connectivity index (χ2n) is 6.31. The van der Waals surface area contributed by atoms with Crippen molar-refractivity contribution in [2.24, 2.45) is 11.8 Å². The molecule has 0 aromatic heterocycles. The predicted octanol–water partition coefficient (Wildman–Crippen LogP) is 5.56. The summed E-state index contributed by atoms with van der Waals surface area (Å²) in [6, 6.07) is 0. The van der Waals surface area contributed by atoms with E-state index in [0.29, 0.717) is 5.92 Å². The highest BCUT2D eigenvalue weighted by Crippen LogP contribution is 2.19. The van der Waals surface area contributed by atoms with Gasteiger partial charge in [0.2, 0.25) is 0 Å². The molecule has 18 heavy (non-hydrogen) atoms. The van der Waals surface area contributed by atoms with Crippen LogP contribution in [-0.4, -0.2) is 11.2 Å². The van der Waals surface area contributed by atoms with Gasteiger partial charge < -0.3 is 5.11 Å². The van der Waals surface area contributed by atoms with E-state index in [1.807, 2.05) is 6.92 Å². The van der Waals surface area contributed by atoms with Crippen LogP contribution in [0, 0.1) is 11.8 Å². The number of rotatable bonds is 12. The van der Waals surface area contributed by atoms with Crippen LogP contribution in [0.3, 0.4) is 0 Å². The van der Waals surface area contributed by atoms with Crippen molar-refractivity contribution in [2.75, 3.05) is 0 Å². The van der Waals surface area contributed by atoms with E-state index in [2.05, 4.69) is 20.8 Å². The first-order valence-corrected chi connectivity index (χ1v) is 8.26. The van der Waals surface area contributed by atoms with Gasteiger partial charge >= 0.3 is 0 Å². The SMILES string of the molecule is CCCCCCCCC(C)CCC[C@H](C)[C@@H](C)O. The summed E-state index contributed by atoms with van der Waals surface area (Å²) in [5.74, 6) is 1.34. The molecule has 0 aromatic carbocycles. The summed E-state index contributed by atoms with van der Waals surface area (Å²) in [6.07, 6.45) is 13.5. The standard InChI is InChI=1S/C17H36O/c1-5-6-7-8-9-10-12-15(2)13-11-14-16(3)17(4)18/h15-18H,5-14H2,1-4H3/t15?,16-,17+/m0/s1. The lowest BCUT2D eigenvalue weighted by Gasteiger charge is -2.16. The zero-order valence-corrected chi connectivity index (χ0v) is 13.3. The summed E-state index contributed by atoms with van der Waals surface area (Å²) in [4.78, 5) is 0. The Labute approximate surface area is 115 Å². The first-order valence-electron chi connectivity index (χ1n) is 8.26. The van der Waals surface area contributed by atoms with Gasteiger partial charge in [0, 0.05) is 0 Å². The van der Waals surface area contributed by atoms with Gasteiger partial charge in [0.1, 0.15) is 0 Å².